The highest BCUT2D eigenvalue weighted by Gasteiger charge is 2.32. The lowest BCUT2D eigenvalue weighted by molar-refractivity contribution is 0.218. The molecule has 4 aromatic carbocycles. The minimum atomic E-state index is -0.370. The molecule has 6 heteroatoms. The lowest BCUT2D eigenvalue weighted by atomic mass is 9.90. The average molecular weight is 468 g/mol. The number of hydrogen-bond donors (Lipinski definition) is 1. The molecule has 4 nitrogen and oxygen atoms in total. The van der Waals surface area contributed by atoms with Gasteiger partial charge in [0.1, 0.15) is 11.6 Å². The van der Waals surface area contributed by atoms with Crippen molar-refractivity contribution in [3.63, 3.8) is 0 Å². The fraction of sp³-hybridized carbons (Fsp3) is 0.103. The highest BCUT2D eigenvalue weighted by molar-refractivity contribution is 6.07. The Bertz CT molecular complexity index is 1340. The minimum Gasteiger partial charge on any atom is -0.306 e. The van der Waals surface area contributed by atoms with Crippen molar-refractivity contribution >= 4 is 17.4 Å². The molecule has 2 amide bonds. The Morgan fingerprint density at radius 1 is 0.800 bits per heavy atom. The summed E-state index contributed by atoms with van der Waals surface area (Å²) >= 11 is 0. The summed E-state index contributed by atoms with van der Waals surface area (Å²) in [4.78, 5) is 13.0. The van der Waals surface area contributed by atoms with Crippen molar-refractivity contribution < 1.29 is 13.6 Å². The van der Waals surface area contributed by atoms with Crippen molar-refractivity contribution in [2.45, 2.75) is 12.3 Å². The van der Waals surface area contributed by atoms with E-state index in [4.69, 9.17) is 0 Å². The van der Waals surface area contributed by atoms with Gasteiger partial charge >= 0.3 is 6.03 Å². The molecule has 0 aromatic heterocycles. The van der Waals surface area contributed by atoms with Crippen molar-refractivity contribution in [2.24, 2.45) is 5.10 Å². The third kappa shape index (κ3) is 5.27. The summed E-state index contributed by atoms with van der Waals surface area (Å²) in [5.41, 5.74) is 5.19. The zero-order valence-corrected chi connectivity index (χ0v) is 18.9. The van der Waals surface area contributed by atoms with Gasteiger partial charge in [-0.05, 0) is 65.1 Å². The van der Waals surface area contributed by atoms with Gasteiger partial charge in [-0.15, -0.1) is 0 Å². The van der Waals surface area contributed by atoms with E-state index in [1.165, 1.54) is 34.8 Å². The van der Waals surface area contributed by atoms with E-state index < -0.39 is 0 Å². The molecule has 0 fully saturated rings. The van der Waals surface area contributed by atoms with Crippen LogP contribution in [0.25, 0.3) is 0 Å². The van der Waals surface area contributed by atoms with Gasteiger partial charge in [-0.1, -0.05) is 66.7 Å². The van der Waals surface area contributed by atoms with E-state index in [0.29, 0.717) is 17.0 Å². The normalized spacial score (nSPS) is 15.1. The van der Waals surface area contributed by atoms with Crippen LogP contribution in [-0.2, 0) is 6.42 Å². The van der Waals surface area contributed by atoms with E-state index in [9.17, 15) is 13.6 Å². The van der Waals surface area contributed by atoms with Crippen LogP contribution in [0.4, 0.5) is 19.3 Å². The number of halogens is 2. The lowest BCUT2D eigenvalue weighted by Gasteiger charge is -2.16. The number of anilines is 1. The Morgan fingerprint density at radius 3 is 2.06 bits per heavy atom. The van der Waals surface area contributed by atoms with Crippen molar-refractivity contribution in [1.29, 1.82) is 0 Å². The first kappa shape index (κ1) is 22.5. The van der Waals surface area contributed by atoms with E-state index in [2.05, 4.69) is 22.6 Å². The van der Waals surface area contributed by atoms with Crippen LogP contribution in [0.2, 0.25) is 0 Å². The van der Waals surface area contributed by atoms with Gasteiger partial charge in [-0.2, -0.15) is 5.10 Å². The van der Waals surface area contributed by atoms with Gasteiger partial charge in [0.05, 0.1) is 12.3 Å². The van der Waals surface area contributed by atoms with Crippen LogP contribution in [0.5, 0.6) is 0 Å². The van der Waals surface area contributed by atoms with Crippen LogP contribution >= 0.6 is 0 Å². The number of nitrogens with zero attached hydrogens (tertiary/aromatic N) is 2. The molecule has 0 radical (unpaired) electrons. The summed E-state index contributed by atoms with van der Waals surface area (Å²) in [6.07, 6.45) is 0.811. The second-order valence-electron chi connectivity index (χ2n) is 8.47. The quantitative estimate of drug-likeness (QED) is 0.354. The standard InChI is InChI=1S/C29H23F2N3O/c30-24-12-8-22(9-13-24)27-19-34(33-28(27)23-10-14-25(31)15-11-23)29(35)32-26-16-6-21(7-17-26)18-20-4-2-1-3-5-20/h1-17,27H,18-19H2,(H,32,35)/t27-/m1/s1. The number of carbonyl (C=O) groups excluding carboxylic acids is 1. The molecule has 0 unspecified atom stereocenters. The summed E-state index contributed by atoms with van der Waals surface area (Å²) in [6.45, 7) is 0.288. The van der Waals surface area contributed by atoms with Crippen LogP contribution in [0.1, 0.15) is 28.2 Å². The van der Waals surface area contributed by atoms with E-state index >= 15 is 0 Å². The fourth-order valence-corrected chi connectivity index (χ4v) is 4.19. The molecule has 5 rings (SSSR count). The summed E-state index contributed by atoms with van der Waals surface area (Å²) in [6, 6.07) is 29.7. The number of nitrogens with one attached hydrogen (secondary N) is 1. The average Bonchev–Trinajstić information content (AvgIpc) is 3.32. The molecule has 0 bridgehead atoms. The molecular formula is C29H23F2N3O. The maximum Gasteiger partial charge on any atom is 0.342 e. The van der Waals surface area contributed by atoms with Gasteiger partial charge in [0.2, 0.25) is 0 Å². The summed E-state index contributed by atoms with van der Waals surface area (Å²) in [7, 11) is 0. The molecule has 1 atom stereocenters. The second-order valence-corrected chi connectivity index (χ2v) is 8.47. The Morgan fingerprint density at radius 2 is 1.40 bits per heavy atom. The molecule has 35 heavy (non-hydrogen) atoms. The van der Waals surface area contributed by atoms with Gasteiger partial charge in [0.25, 0.3) is 0 Å². The smallest absolute Gasteiger partial charge is 0.306 e. The highest BCUT2D eigenvalue weighted by atomic mass is 19.1. The van der Waals surface area contributed by atoms with Gasteiger partial charge in [0.15, 0.2) is 0 Å². The fourth-order valence-electron chi connectivity index (χ4n) is 4.19. The molecule has 4 aromatic rings. The SMILES string of the molecule is O=C(Nc1ccc(Cc2ccccc2)cc1)N1C[C@H](c2ccc(F)cc2)C(c2ccc(F)cc2)=N1. The number of urea groups is 1. The van der Waals surface area contributed by atoms with Crippen LogP contribution < -0.4 is 5.32 Å². The first-order valence-corrected chi connectivity index (χ1v) is 11.4. The third-order valence-corrected chi connectivity index (χ3v) is 6.02. The summed E-state index contributed by atoms with van der Waals surface area (Å²) in [5, 5.41) is 8.82. The second kappa shape index (κ2) is 9.89. The third-order valence-electron chi connectivity index (χ3n) is 6.02. The zero-order chi connectivity index (χ0) is 24.2. The van der Waals surface area contributed by atoms with Crippen molar-refractivity contribution in [3.05, 3.63) is 137 Å². The lowest BCUT2D eigenvalue weighted by Crippen LogP contribution is -2.30. The van der Waals surface area contributed by atoms with Crippen LogP contribution in [0, 0.1) is 11.6 Å². The molecule has 1 N–H and O–H groups in total. The zero-order valence-electron chi connectivity index (χ0n) is 18.9. The number of hydrogen-bond acceptors (Lipinski definition) is 2. The largest absolute Gasteiger partial charge is 0.342 e. The van der Waals surface area contributed by atoms with Gasteiger partial charge in [0, 0.05) is 11.6 Å². The van der Waals surface area contributed by atoms with E-state index in [1.807, 2.05) is 42.5 Å². The molecule has 0 saturated carbocycles. The number of benzene rings is 4. The molecule has 1 heterocycles. The van der Waals surface area contributed by atoms with Gasteiger partial charge in [-0.3, -0.25) is 0 Å². The van der Waals surface area contributed by atoms with Crippen LogP contribution in [-0.4, -0.2) is 23.3 Å². The maximum absolute atomic E-state index is 13.5. The number of amides is 2. The first-order valence-electron chi connectivity index (χ1n) is 11.4. The molecule has 0 saturated heterocycles. The number of carbonyl (C=O) groups is 1. The minimum absolute atomic E-state index is 0.264. The monoisotopic (exact) mass is 467 g/mol. The predicted molar refractivity (Wildman–Crippen MR) is 133 cm³/mol. The van der Waals surface area contributed by atoms with Crippen molar-refractivity contribution in [1.82, 2.24) is 5.01 Å². The van der Waals surface area contributed by atoms with Gasteiger partial charge < -0.3 is 5.32 Å². The Kier molecular flexibility index (Phi) is 6.35. The first-order chi connectivity index (χ1) is 17.0. The topological polar surface area (TPSA) is 44.7 Å². The molecule has 0 spiro atoms. The number of rotatable bonds is 5. The Labute approximate surface area is 202 Å². The van der Waals surface area contributed by atoms with Crippen LogP contribution in [0.15, 0.2) is 108 Å². The van der Waals surface area contributed by atoms with Crippen molar-refractivity contribution in [3.8, 4) is 0 Å². The van der Waals surface area contributed by atoms with E-state index in [1.54, 1.807) is 24.3 Å². The van der Waals surface area contributed by atoms with Gasteiger partial charge in [-0.25, -0.2) is 18.6 Å². The predicted octanol–water partition coefficient (Wildman–Crippen LogP) is 6.59. The Hall–Kier alpha value is -4.32. The summed E-state index contributed by atoms with van der Waals surface area (Å²) in [5.74, 6) is -0.951. The highest BCUT2D eigenvalue weighted by Crippen LogP contribution is 2.29. The molecule has 0 aliphatic carbocycles. The molecule has 1 aliphatic heterocycles. The molecule has 1 aliphatic rings. The van der Waals surface area contributed by atoms with E-state index in [0.717, 1.165) is 17.5 Å². The summed E-state index contributed by atoms with van der Waals surface area (Å²) < 4.78 is 27.0. The molecule has 174 valence electrons. The molecular weight excluding hydrogens is 444 g/mol. The van der Waals surface area contributed by atoms with E-state index in [-0.39, 0.29) is 30.1 Å². The van der Waals surface area contributed by atoms with Crippen LogP contribution in [0.3, 0.4) is 0 Å². The Balaban J connectivity index is 1.33. The maximum atomic E-state index is 13.5. The van der Waals surface area contributed by atoms with Crippen molar-refractivity contribution in [2.75, 3.05) is 11.9 Å². The number of hydrazone groups is 1.